The molecule has 0 radical (unpaired) electrons. The van der Waals surface area contributed by atoms with Gasteiger partial charge in [-0.3, -0.25) is 9.69 Å². The SMILES string of the molecule is COc1ccc(C)c([C@]23CCN(C)[C@H](C)C2=CCC(=O)C3)c1O. The Hall–Kier alpha value is -1.81. The number of phenols is 1. The van der Waals surface area contributed by atoms with Crippen LogP contribution >= 0.6 is 0 Å². The summed E-state index contributed by atoms with van der Waals surface area (Å²) in [5.74, 6) is 0.904. The number of hydrogen-bond acceptors (Lipinski definition) is 4. The molecule has 4 heteroatoms. The van der Waals surface area contributed by atoms with E-state index in [1.165, 1.54) is 5.57 Å². The first-order chi connectivity index (χ1) is 10.9. The summed E-state index contributed by atoms with van der Waals surface area (Å²) >= 11 is 0. The van der Waals surface area contributed by atoms with Crippen molar-refractivity contribution in [3.63, 3.8) is 0 Å². The van der Waals surface area contributed by atoms with E-state index in [1.807, 2.05) is 13.0 Å². The maximum absolute atomic E-state index is 12.3. The van der Waals surface area contributed by atoms with Gasteiger partial charge in [0, 0.05) is 29.9 Å². The number of benzene rings is 1. The third-order valence-electron chi connectivity index (χ3n) is 5.65. The Morgan fingerprint density at radius 2 is 2.13 bits per heavy atom. The fourth-order valence-electron chi connectivity index (χ4n) is 4.33. The summed E-state index contributed by atoms with van der Waals surface area (Å²) in [4.78, 5) is 14.6. The zero-order chi connectivity index (χ0) is 16.8. The van der Waals surface area contributed by atoms with Crippen LogP contribution in [0.5, 0.6) is 11.5 Å². The maximum Gasteiger partial charge on any atom is 0.162 e. The van der Waals surface area contributed by atoms with Crippen molar-refractivity contribution in [2.75, 3.05) is 20.7 Å². The molecule has 0 amide bonds. The highest BCUT2D eigenvalue weighted by atomic mass is 16.5. The van der Waals surface area contributed by atoms with E-state index >= 15 is 0 Å². The van der Waals surface area contributed by atoms with Crippen LogP contribution < -0.4 is 4.74 Å². The molecule has 3 rings (SSSR count). The van der Waals surface area contributed by atoms with Gasteiger partial charge in [0.15, 0.2) is 11.5 Å². The lowest BCUT2D eigenvalue weighted by Gasteiger charge is -2.49. The van der Waals surface area contributed by atoms with E-state index in [0.29, 0.717) is 18.6 Å². The Morgan fingerprint density at radius 1 is 1.39 bits per heavy atom. The van der Waals surface area contributed by atoms with Crippen molar-refractivity contribution >= 4 is 5.78 Å². The first-order valence-electron chi connectivity index (χ1n) is 8.20. The van der Waals surface area contributed by atoms with Crippen LogP contribution in [-0.4, -0.2) is 42.5 Å². The number of methoxy groups -OCH3 is 1. The first-order valence-corrected chi connectivity index (χ1v) is 8.20. The molecular formula is C19H25NO3. The van der Waals surface area contributed by atoms with Gasteiger partial charge in [-0.25, -0.2) is 0 Å². The number of aryl methyl sites for hydroxylation is 1. The van der Waals surface area contributed by atoms with Crippen LogP contribution in [0.15, 0.2) is 23.8 Å². The zero-order valence-corrected chi connectivity index (χ0v) is 14.3. The molecule has 1 aromatic rings. The molecule has 1 saturated heterocycles. The van der Waals surface area contributed by atoms with E-state index in [9.17, 15) is 9.90 Å². The van der Waals surface area contributed by atoms with Gasteiger partial charge in [-0.05, 0) is 51.1 Å². The number of piperidine rings is 1. The van der Waals surface area contributed by atoms with Gasteiger partial charge >= 0.3 is 0 Å². The molecule has 23 heavy (non-hydrogen) atoms. The number of phenolic OH excluding ortho intramolecular Hbond substituents is 1. The average Bonchev–Trinajstić information content (AvgIpc) is 2.51. The number of rotatable bonds is 2. The quantitative estimate of drug-likeness (QED) is 0.853. The number of ether oxygens (including phenoxy) is 1. The van der Waals surface area contributed by atoms with Crippen molar-refractivity contribution < 1.29 is 14.6 Å². The molecule has 1 aromatic carbocycles. The number of likely N-dealkylation sites (tertiary alicyclic amines) is 1. The van der Waals surface area contributed by atoms with Crippen molar-refractivity contribution in [2.24, 2.45) is 0 Å². The van der Waals surface area contributed by atoms with Crippen LogP contribution in [0.2, 0.25) is 0 Å². The van der Waals surface area contributed by atoms with Crippen LogP contribution in [0.3, 0.4) is 0 Å². The van der Waals surface area contributed by atoms with Crippen molar-refractivity contribution in [1.29, 1.82) is 0 Å². The lowest BCUT2D eigenvalue weighted by Crippen LogP contribution is -2.50. The van der Waals surface area contributed by atoms with Crippen molar-refractivity contribution in [1.82, 2.24) is 4.90 Å². The standard InChI is InChI=1S/C19H25NO3/c1-12-5-8-16(23-4)18(22)17(12)19-9-10-20(3)13(2)15(19)7-6-14(21)11-19/h5,7-8,13,22H,6,9-11H2,1-4H3/t13-,19+/m1/s1. The van der Waals surface area contributed by atoms with Gasteiger partial charge in [-0.1, -0.05) is 12.1 Å². The second-order valence-corrected chi connectivity index (χ2v) is 6.88. The highest BCUT2D eigenvalue weighted by Crippen LogP contribution is 2.52. The normalized spacial score (nSPS) is 28.3. The van der Waals surface area contributed by atoms with Gasteiger partial charge < -0.3 is 9.84 Å². The minimum Gasteiger partial charge on any atom is -0.504 e. The molecule has 1 heterocycles. The van der Waals surface area contributed by atoms with E-state index in [0.717, 1.165) is 24.1 Å². The molecule has 0 saturated carbocycles. The van der Waals surface area contributed by atoms with Gasteiger partial charge in [-0.2, -0.15) is 0 Å². The second kappa shape index (κ2) is 5.68. The predicted molar refractivity (Wildman–Crippen MR) is 90.1 cm³/mol. The van der Waals surface area contributed by atoms with Crippen LogP contribution in [0, 0.1) is 6.92 Å². The van der Waals surface area contributed by atoms with E-state index in [2.05, 4.69) is 24.9 Å². The summed E-state index contributed by atoms with van der Waals surface area (Å²) in [7, 11) is 3.68. The van der Waals surface area contributed by atoms with Crippen molar-refractivity contribution in [3.05, 3.63) is 34.9 Å². The summed E-state index contributed by atoms with van der Waals surface area (Å²) in [6, 6.07) is 4.03. The number of nitrogens with zero attached hydrogens (tertiary/aromatic N) is 1. The Balaban J connectivity index is 2.25. The van der Waals surface area contributed by atoms with E-state index in [1.54, 1.807) is 13.2 Å². The molecule has 124 valence electrons. The predicted octanol–water partition coefficient (Wildman–Crippen LogP) is 2.96. The number of hydrogen-bond donors (Lipinski definition) is 1. The van der Waals surface area contributed by atoms with Gasteiger partial charge in [-0.15, -0.1) is 0 Å². The Morgan fingerprint density at radius 3 is 2.83 bits per heavy atom. The Bertz CT molecular complexity index is 679. The number of carbonyl (C=O) groups excluding carboxylic acids is 1. The van der Waals surface area contributed by atoms with Crippen LogP contribution in [0.1, 0.15) is 37.3 Å². The van der Waals surface area contributed by atoms with Crippen LogP contribution in [0.4, 0.5) is 0 Å². The third-order valence-corrected chi connectivity index (χ3v) is 5.65. The number of allylic oxidation sites excluding steroid dienone is 1. The van der Waals surface area contributed by atoms with Gasteiger partial charge in [0.1, 0.15) is 5.78 Å². The number of aromatic hydroxyl groups is 1. The first kappa shape index (κ1) is 16.1. The molecule has 0 unspecified atom stereocenters. The van der Waals surface area contributed by atoms with Crippen LogP contribution in [-0.2, 0) is 10.2 Å². The summed E-state index contributed by atoms with van der Waals surface area (Å²) in [5.41, 5.74) is 2.75. The summed E-state index contributed by atoms with van der Waals surface area (Å²) in [6.45, 7) is 5.09. The molecule has 2 atom stereocenters. The van der Waals surface area contributed by atoms with E-state index in [4.69, 9.17) is 4.74 Å². The fourth-order valence-corrected chi connectivity index (χ4v) is 4.33. The molecular weight excluding hydrogens is 290 g/mol. The fraction of sp³-hybridized carbons (Fsp3) is 0.526. The molecule has 1 fully saturated rings. The van der Waals surface area contributed by atoms with Gasteiger partial charge in [0.05, 0.1) is 7.11 Å². The van der Waals surface area contributed by atoms with Crippen molar-refractivity contribution in [2.45, 2.75) is 44.6 Å². The summed E-state index contributed by atoms with van der Waals surface area (Å²) in [6.07, 6.45) is 3.90. The molecule has 1 N–H and O–H groups in total. The maximum atomic E-state index is 12.3. The molecule has 0 spiro atoms. The topological polar surface area (TPSA) is 49.8 Å². The van der Waals surface area contributed by atoms with E-state index in [-0.39, 0.29) is 17.6 Å². The molecule has 1 aliphatic heterocycles. The Kier molecular flexibility index (Phi) is 3.96. The monoisotopic (exact) mass is 315 g/mol. The molecule has 0 bridgehead atoms. The molecule has 0 aromatic heterocycles. The lowest BCUT2D eigenvalue weighted by atomic mass is 9.60. The van der Waals surface area contributed by atoms with Gasteiger partial charge in [0.25, 0.3) is 0 Å². The number of likely N-dealkylation sites (N-methyl/N-ethyl adjacent to an activating group) is 1. The number of ketones is 1. The minimum absolute atomic E-state index is 0.185. The highest BCUT2D eigenvalue weighted by molar-refractivity contribution is 5.85. The zero-order valence-electron chi connectivity index (χ0n) is 14.3. The molecule has 2 aliphatic rings. The number of fused-ring (bicyclic) bond motifs is 1. The third kappa shape index (κ3) is 2.36. The number of carbonyl (C=O) groups is 1. The second-order valence-electron chi connectivity index (χ2n) is 6.88. The van der Waals surface area contributed by atoms with Gasteiger partial charge in [0.2, 0.25) is 0 Å². The summed E-state index contributed by atoms with van der Waals surface area (Å²) in [5, 5.41) is 10.8. The summed E-state index contributed by atoms with van der Waals surface area (Å²) < 4.78 is 5.32. The molecule has 1 aliphatic carbocycles. The number of Topliss-reactive ketones (excluding diaryl/α,β-unsaturated/α-hetero) is 1. The molecule has 4 nitrogen and oxygen atoms in total. The van der Waals surface area contributed by atoms with Crippen molar-refractivity contribution in [3.8, 4) is 11.5 Å². The highest BCUT2D eigenvalue weighted by Gasteiger charge is 2.48. The Labute approximate surface area is 137 Å². The van der Waals surface area contributed by atoms with Crippen LogP contribution in [0.25, 0.3) is 0 Å². The van der Waals surface area contributed by atoms with E-state index < -0.39 is 5.41 Å². The smallest absolute Gasteiger partial charge is 0.162 e. The largest absolute Gasteiger partial charge is 0.504 e. The lowest BCUT2D eigenvalue weighted by molar-refractivity contribution is -0.120. The average molecular weight is 315 g/mol. The minimum atomic E-state index is -0.399.